The van der Waals surface area contributed by atoms with Crippen LogP contribution in [0.1, 0.15) is 34.9 Å². The molecule has 0 spiro atoms. The van der Waals surface area contributed by atoms with Gasteiger partial charge < -0.3 is 5.32 Å². The average molecular weight is 413 g/mol. The van der Waals surface area contributed by atoms with Crippen LogP contribution in [-0.2, 0) is 4.79 Å². The van der Waals surface area contributed by atoms with Crippen LogP contribution in [0, 0.1) is 5.82 Å². The summed E-state index contributed by atoms with van der Waals surface area (Å²) in [5.74, 6) is -1.83. The van der Waals surface area contributed by atoms with Gasteiger partial charge in [-0.1, -0.05) is 41.9 Å². The van der Waals surface area contributed by atoms with E-state index in [-0.39, 0.29) is 10.6 Å². The Balaban J connectivity index is 1.99. The second-order valence-corrected chi connectivity index (χ2v) is 6.94. The van der Waals surface area contributed by atoms with Crippen LogP contribution in [0.3, 0.4) is 0 Å². The maximum absolute atomic E-state index is 13.2. The van der Waals surface area contributed by atoms with Crippen molar-refractivity contribution in [1.29, 1.82) is 0 Å². The molecule has 0 saturated heterocycles. The summed E-state index contributed by atoms with van der Waals surface area (Å²) in [6.45, 7) is 1.77. The molecule has 0 saturated carbocycles. The van der Waals surface area contributed by atoms with Crippen molar-refractivity contribution in [3.63, 3.8) is 0 Å². The average Bonchev–Trinajstić information content (AvgIpc) is 2.71. The van der Waals surface area contributed by atoms with E-state index in [0.717, 1.165) is 22.3 Å². The highest BCUT2D eigenvalue weighted by molar-refractivity contribution is 6.30. The van der Waals surface area contributed by atoms with Crippen LogP contribution in [-0.4, -0.2) is 16.3 Å². The monoisotopic (exact) mass is 412 g/mol. The summed E-state index contributed by atoms with van der Waals surface area (Å²) >= 11 is 5.99. The summed E-state index contributed by atoms with van der Waals surface area (Å²) < 4.78 is 14.2. The van der Waals surface area contributed by atoms with E-state index in [1.807, 2.05) is 30.3 Å². The molecule has 1 heterocycles. The van der Waals surface area contributed by atoms with Gasteiger partial charge in [0.15, 0.2) is 11.8 Å². The maximum atomic E-state index is 13.2. The lowest BCUT2D eigenvalue weighted by atomic mass is 10.0. The van der Waals surface area contributed by atoms with Gasteiger partial charge >= 0.3 is 0 Å². The lowest BCUT2D eigenvalue weighted by Gasteiger charge is -2.22. The largest absolute Gasteiger partial charge is 0.347 e. The van der Waals surface area contributed by atoms with E-state index in [9.17, 15) is 18.8 Å². The Morgan fingerprint density at radius 2 is 1.66 bits per heavy atom. The molecule has 0 aliphatic heterocycles. The third kappa shape index (κ3) is 4.78. The number of carbonyl (C=O) groups excluding carboxylic acids is 2. The second kappa shape index (κ2) is 8.84. The number of amides is 1. The predicted molar refractivity (Wildman–Crippen MR) is 108 cm³/mol. The number of hydrogen-bond donors (Lipinski definition) is 1. The van der Waals surface area contributed by atoms with Crippen molar-refractivity contribution in [1.82, 2.24) is 9.88 Å². The van der Waals surface area contributed by atoms with Crippen LogP contribution in [0.15, 0.2) is 77.7 Å². The third-order valence-electron chi connectivity index (χ3n) is 4.46. The highest BCUT2D eigenvalue weighted by Crippen LogP contribution is 2.19. The molecule has 1 amide bonds. The molecule has 7 heteroatoms. The molecule has 3 rings (SSSR count). The molecular weight excluding hydrogens is 395 g/mol. The van der Waals surface area contributed by atoms with E-state index in [0.29, 0.717) is 0 Å². The molecule has 1 aromatic heterocycles. The molecule has 29 heavy (non-hydrogen) atoms. The van der Waals surface area contributed by atoms with Gasteiger partial charge in [0, 0.05) is 17.8 Å². The van der Waals surface area contributed by atoms with Crippen LogP contribution < -0.4 is 10.9 Å². The first-order chi connectivity index (χ1) is 13.9. The molecule has 0 radical (unpaired) electrons. The fraction of sp³-hybridized carbons (Fsp3) is 0.136. The van der Waals surface area contributed by atoms with Crippen LogP contribution in [0.2, 0.25) is 5.02 Å². The van der Waals surface area contributed by atoms with Crippen LogP contribution >= 0.6 is 11.6 Å². The normalized spacial score (nSPS) is 12.8. The fourth-order valence-corrected chi connectivity index (χ4v) is 3.11. The first kappa shape index (κ1) is 20.5. The number of benzene rings is 2. The lowest BCUT2D eigenvalue weighted by molar-refractivity contribution is -0.123. The third-order valence-corrected chi connectivity index (χ3v) is 4.69. The SMILES string of the molecule is CC(NC(=O)C(C(=O)c1ccc(F)cc1)n1cc(Cl)ccc1=O)c1ccccc1. The Kier molecular flexibility index (Phi) is 6.24. The first-order valence-corrected chi connectivity index (χ1v) is 9.27. The van der Waals surface area contributed by atoms with E-state index < -0.39 is 35.2 Å². The van der Waals surface area contributed by atoms with Crippen LogP contribution in [0.4, 0.5) is 4.39 Å². The van der Waals surface area contributed by atoms with Gasteiger partial charge in [0.05, 0.1) is 11.1 Å². The van der Waals surface area contributed by atoms with Crippen molar-refractivity contribution in [2.24, 2.45) is 0 Å². The van der Waals surface area contributed by atoms with Crippen molar-refractivity contribution in [2.75, 3.05) is 0 Å². The van der Waals surface area contributed by atoms with Gasteiger partial charge in [-0.25, -0.2) is 4.39 Å². The van der Waals surface area contributed by atoms with Crippen molar-refractivity contribution in [3.8, 4) is 0 Å². The number of halogens is 2. The molecule has 0 aliphatic rings. The number of rotatable bonds is 6. The number of nitrogens with zero attached hydrogens (tertiary/aromatic N) is 1. The predicted octanol–water partition coefficient (Wildman–Crippen LogP) is 3.94. The molecule has 3 aromatic rings. The smallest absolute Gasteiger partial charge is 0.251 e. The van der Waals surface area contributed by atoms with E-state index >= 15 is 0 Å². The Morgan fingerprint density at radius 3 is 2.31 bits per heavy atom. The lowest BCUT2D eigenvalue weighted by Crippen LogP contribution is -2.42. The molecule has 1 N–H and O–H groups in total. The minimum atomic E-state index is -1.49. The maximum Gasteiger partial charge on any atom is 0.251 e. The highest BCUT2D eigenvalue weighted by atomic mass is 35.5. The quantitative estimate of drug-likeness (QED) is 0.492. The van der Waals surface area contributed by atoms with Crippen LogP contribution in [0.25, 0.3) is 0 Å². The zero-order chi connectivity index (χ0) is 21.0. The molecular formula is C22H18ClFN2O3. The summed E-state index contributed by atoms with van der Waals surface area (Å²) in [6, 6.07) is 14.7. The van der Waals surface area contributed by atoms with Gasteiger partial charge in [0.2, 0.25) is 0 Å². The number of pyridine rings is 1. The first-order valence-electron chi connectivity index (χ1n) is 8.89. The number of Topliss-reactive ketones (excluding diaryl/α,β-unsaturated/α-hetero) is 1. The molecule has 2 unspecified atom stereocenters. The summed E-state index contributed by atoms with van der Waals surface area (Å²) in [5, 5.41) is 2.97. The van der Waals surface area contributed by atoms with E-state index in [2.05, 4.69) is 5.32 Å². The van der Waals surface area contributed by atoms with E-state index in [4.69, 9.17) is 11.6 Å². The molecule has 0 fully saturated rings. The summed E-state index contributed by atoms with van der Waals surface area (Å²) in [4.78, 5) is 38.5. The number of hydrogen-bond acceptors (Lipinski definition) is 3. The molecule has 2 atom stereocenters. The van der Waals surface area contributed by atoms with Gasteiger partial charge in [0.1, 0.15) is 5.82 Å². The van der Waals surface area contributed by atoms with E-state index in [1.54, 1.807) is 6.92 Å². The van der Waals surface area contributed by atoms with Gasteiger partial charge in [-0.2, -0.15) is 0 Å². The molecule has 148 valence electrons. The van der Waals surface area contributed by atoms with Gasteiger partial charge in [0.25, 0.3) is 11.5 Å². The topological polar surface area (TPSA) is 68.2 Å². The Morgan fingerprint density at radius 1 is 1.00 bits per heavy atom. The number of ketones is 1. The second-order valence-electron chi connectivity index (χ2n) is 6.51. The standard InChI is InChI=1S/C22H18ClFN2O3/c1-14(15-5-3-2-4-6-15)25-22(29)20(26-13-17(23)9-12-19(26)27)21(28)16-7-10-18(24)11-8-16/h2-14,20H,1H3,(H,25,29). The zero-order valence-electron chi connectivity index (χ0n) is 15.5. The fourth-order valence-electron chi connectivity index (χ4n) is 2.94. The Hall–Kier alpha value is -3.25. The summed E-state index contributed by atoms with van der Waals surface area (Å²) in [7, 11) is 0. The van der Waals surface area contributed by atoms with Gasteiger partial charge in [-0.3, -0.25) is 19.0 Å². The number of carbonyl (C=O) groups is 2. The molecule has 5 nitrogen and oxygen atoms in total. The van der Waals surface area contributed by atoms with Crippen LogP contribution in [0.5, 0.6) is 0 Å². The molecule has 0 bridgehead atoms. The molecule has 0 aliphatic carbocycles. The van der Waals surface area contributed by atoms with Crippen molar-refractivity contribution >= 4 is 23.3 Å². The van der Waals surface area contributed by atoms with E-state index in [1.165, 1.54) is 30.5 Å². The zero-order valence-corrected chi connectivity index (χ0v) is 16.3. The number of nitrogens with one attached hydrogen (secondary N) is 1. The van der Waals surface area contributed by atoms with Crippen molar-refractivity contribution < 1.29 is 14.0 Å². The minimum absolute atomic E-state index is 0.103. The minimum Gasteiger partial charge on any atom is -0.347 e. The Labute approximate surface area is 171 Å². The van der Waals surface area contributed by atoms with Gasteiger partial charge in [-0.05, 0) is 42.8 Å². The summed E-state index contributed by atoms with van der Waals surface area (Å²) in [5.41, 5.74) is 0.385. The molecule has 2 aromatic carbocycles. The van der Waals surface area contributed by atoms with Crippen molar-refractivity contribution in [2.45, 2.75) is 19.0 Å². The number of aromatic nitrogens is 1. The highest BCUT2D eigenvalue weighted by Gasteiger charge is 2.31. The van der Waals surface area contributed by atoms with Crippen molar-refractivity contribution in [3.05, 3.63) is 105 Å². The van der Waals surface area contributed by atoms with Gasteiger partial charge in [-0.15, -0.1) is 0 Å². The summed E-state index contributed by atoms with van der Waals surface area (Å²) in [6.07, 6.45) is 1.24. The Bertz CT molecular complexity index is 1080.